The van der Waals surface area contributed by atoms with Crippen molar-refractivity contribution in [3.8, 4) is 0 Å². The van der Waals surface area contributed by atoms with Crippen molar-refractivity contribution in [1.82, 2.24) is 10.2 Å². The number of hydrogen-bond donors (Lipinski definition) is 1. The lowest BCUT2D eigenvalue weighted by molar-refractivity contribution is -0.174. The van der Waals surface area contributed by atoms with Crippen LogP contribution in [-0.2, 0) is 14.5 Å². The fraction of sp³-hybridized carbons (Fsp3) is 0.579. The van der Waals surface area contributed by atoms with Gasteiger partial charge in [0.05, 0.1) is 0 Å². The summed E-state index contributed by atoms with van der Waals surface area (Å²) in [7, 11) is 0. The Morgan fingerprint density at radius 3 is 2.62 bits per heavy atom. The number of piperazine rings is 1. The van der Waals surface area contributed by atoms with Gasteiger partial charge in [0.1, 0.15) is 16.0 Å². The van der Waals surface area contributed by atoms with Crippen molar-refractivity contribution in [2.75, 3.05) is 6.54 Å². The third kappa shape index (κ3) is 1.75. The Morgan fingerprint density at radius 2 is 1.96 bits per heavy atom. The van der Waals surface area contributed by atoms with Crippen molar-refractivity contribution in [1.29, 1.82) is 0 Å². The Bertz CT molecular complexity index is 707. The molecule has 2 amide bonds. The minimum Gasteiger partial charge on any atom is -0.339 e. The highest BCUT2D eigenvalue weighted by molar-refractivity contribution is 6.29. The van der Waals surface area contributed by atoms with Gasteiger partial charge in [0.2, 0.25) is 11.8 Å². The summed E-state index contributed by atoms with van der Waals surface area (Å²) in [6, 6.07) is 9.82. The highest BCUT2D eigenvalue weighted by Gasteiger charge is 2.75. The molecule has 4 heterocycles. The maximum absolute atomic E-state index is 13.2. The van der Waals surface area contributed by atoms with Crippen LogP contribution >= 0.6 is 11.6 Å². The van der Waals surface area contributed by atoms with Gasteiger partial charge in [-0.1, -0.05) is 44.2 Å². The third-order valence-electron chi connectivity index (χ3n) is 5.95. The first-order valence-electron chi connectivity index (χ1n) is 8.75. The Hall–Kier alpha value is -1.55. The Balaban J connectivity index is 1.93. The zero-order chi connectivity index (χ0) is 17.2. The van der Waals surface area contributed by atoms with Crippen LogP contribution in [-0.4, -0.2) is 34.3 Å². The predicted molar refractivity (Wildman–Crippen MR) is 92.6 cm³/mol. The van der Waals surface area contributed by atoms with Crippen molar-refractivity contribution < 1.29 is 9.59 Å². The number of alkyl halides is 1. The van der Waals surface area contributed by atoms with Crippen LogP contribution in [0.4, 0.5) is 0 Å². The summed E-state index contributed by atoms with van der Waals surface area (Å²) in [4.78, 5) is 27.4. The zero-order valence-electron chi connectivity index (χ0n) is 14.1. The molecule has 4 nitrogen and oxygen atoms in total. The molecule has 0 aliphatic carbocycles. The maximum Gasteiger partial charge on any atom is 0.249 e. The van der Waals surface area contributed by atoms with E-state index >= 15 is 0 Å². The number of carbonyl (C=O) groups is 2. The largest absolute Gasteiger partial charge is 0.339 e. The van der Waals surface area contributed by atoms with Crippen molar-refractivity contribution in [2.24, 2.45) is 5.92 Å². The molecule has 24 heavy (non-hydrogen) atoms. The lowest BCUT2D eigenvalue weighted by atomic mass is 9.60. The molecular weight excluding hydrogens is 324 g/mol. The van der Waals surface area contributed by atoms with E-state index in [0.29, 0.717) is 31.7 Å². The molecule has 0 unspecified atom stereocenters. The second-order valence-corrected chi connectivity index (χ2v) is 8.54. The standard InChI is InChI=1S/C19H23ClN2O2/c1-13(2)11-17-12-18(20,14-7-4-3-5-8-14)19(15(23)21-17)9-6-10-22(19)16(17)24/h3-5,7-8,13H,6,9-12H2,1-2H3,(H,21,23)/t17-,18+,19+/m0/s1. The number of carbonyl (C=O) groups excluding carboxylic acids is 2. The van der Waals surface area contributed by atoms with Crippen LogP contribution in [0.2, 0.25) is 0 Å². The topological polar surface area (TPSA) is 49.4 Å². The van der Waals surface area contributed by atoms with Gasteiger partial charge >= 0.3 is 0 Å². The zero-order valence-corrected chi connectivity index (χ0v) is 14.9. The molecule has 1 aromatic carbocycles. The molecule has 4 aliphatic rings. The molecule has 5 heteroatoms. The number of rotatable bonds is 3. The number of amides is 2. The molecule has 1 aromatic rings. The smallest absolute Gasteiger partial charge is 0.249 e. The van der Waals surface area contributed by atoms with E-state index in [9.17, 15) is 9.59 Å². The Morgan fingerprint density at radius 1 is 1.25 bits per heavy atom. The first-order valence-corrected chi connectivity index (χ1v) is 9.13. The van der Waals surface area contributed by atoms with Crippen LogP contribution in [0.1, 0.15) is 45.1 Å². The molecule has 128 valence electrons. The lowest BCUT2D eigenvalue weighted by Crippen LogP contribution is -2.84. The predicted octanol–water partition coefficient (Wildman–Crippen LogP) is 2.80. The van der Waals surface area contributed by atoms with Crippen LogP contribution in [0, 0.1) is 5.92 Å². The first-order chi connectivity index (χ1) is 11.4. The molecule has 0 radical (unpaired) electrons. The molecule has 2 bridgehead atoms. The van der Waals surface area contributed by atoms with Crippen LogP contribution < -0.4 is 5.32 Å². The van der Waals surface area contributed by atoms with E-state index in [1.807, 2.05) is 30.3 Å². The summed E-state index contributed by atoms with van der Waals surface area (Å²) in [5, 5.41) is 3.08. The fourth-order valence-corrected chi connectivity index (χ4v) is 5.82. The highest BCUT2D eigenvalue weighted by atomic mass is 35.5. The summed E-state index contributed by atoms with van der Waals surface area (Å²) >= 11 is 7.27. The summed E-state index contributed by atoms with van der Waals surface area (Å²) in [5.74, 6) is 0.269. The number of piperidine rings is 2. The SMILES string of the molecule is CC(C)C[C@]12C[C@@](Cl)(c3ccccc3)[C@@]3(CCCN3C1=O)C(=O)N2. The van der Waals surface area contributed by atoms with Gasteiger partial charge in [-0.15, -0.1) is 11.6 Å². The number of halogens is 1. The van der Waals surface area contributed by atoms with Gasteiger partial charge in [-0.3, -0.25) is 9.59 Å². The second-order valence-electron chi connectivity index (χ2n) is 7.90. The molecule has 0 aromatic heterocycles. The Labute approximate surface area is 147 Å². The summed E-state index contributed by atoms with van der Waals surface area (Å²) in [6.45, 7) is 4.77. The van der Waals surface area contributed by atoms with E-state index in [1.54, 1.807) is 4.90 Å². The molecular formula is C19H23ClN2O2. The van der Waals surface area contributed by atoms with Crippen LogP contribution in [0.3, 0.4) is 0 Å². The van der Waals surface area contributed by atoms with Gasteiger partial charge in [0.15, 0.2) is 0 Å². The summed E-state index contributed by atoms with van der Waals surface area (Å²) in [6.07, 6.45) is 2.52. The van der Waals surface area contributed by atoms with E-state index in [2.05, 4.69) is 19.2 Å². The minimum atomic E-state index is -0.953. The van der Waals surface area contributed by atoms with Crippen molar-refractivity contribution in [2.45, 2.75) is 55.5 Å². The third-order valence-corrected chi connectivity index (χ3v) is 6.62. The monoisotopic (exact) mass is 346 g/mol. The molecule has 4 fully saturated rings. The average molecular weight is 347 g/mol. The maximum atomic E-state index is 13.2. The van der Waals surface area contributed by atoms with E-state index in [1.165, 1.54) is 0 Å². The molecule has 1 N–H and O–H groups in total. The lowest BCUT2D eigenvalue weighted by Gasteiger charge is -2.63. The second kappa shape index (κ2) is 4.98. The molecule has 4 saturated heterocycles. The molecule has 3 atom stereocenters. The number of hydrogen-bond acceptors (Lipinski definition) is 2. The summed E-state index contributed by atoms with van der Waals surface area (Å²) < 4.78 is 0. The molecule has 5 rings (SSSR count). The van der Waals surface area contributed by atoms with Crippen molar-refractivity contribution in [3.63, 3.8) is 0 Å². The van der Waals surface area contributed by atoms with Gasteiger partial charge in [-0.05, 0) is 30.7 Å². The molecule has 4 aliphatic heterocycles. The number of nitrogens with zero attached hydrogens (tertiary/aromatic N) is 1. The first kappa shape index (κ1) is 15.9. The van der Waals surface area contributed by atoms with Crippen LogP contribution in [0.25, 0.3) is 0 Å². The van der Waals surface area contributed by atoms with Gasteiger partial charge in [0.25, 0.3) is 0 Å². The van der Waals surface area contributed by atoms with Crippen LogP contribution in [0.5, 0.6) is 0 Å². The van der Waals surface area contributed by atoms with Crippen molar-refractivity contribution >= 4 is 23.4 Å². The average Bonchev–Trinajstić information content (AvgIpc) is 2.99. The number of benzene rings is 1. The van der Waals surface area contributed by atoms with E-state index in [-0.39, 0.29) is 11.8 Å². The highest BCUT2D eigenvalue weighted by Crippen LogP contribution is 2.60. The fourth-order valence-electron chi connectivity index (χ4n) is 5.19. The molecule has 0 saturated carbocycles. The van der Waals surface area contributed by atoms with E-state index in [4.69, 9.17) is 11.6 Å². The van der Waals surface area contributed by atoms with Gasteiger partial charge in [-0.25, -0.2) is 0 Å². The van der Waals surface area contributed by atoms with Crippen LogP contribution in [0.15, 0.2) is 30.3 Å². The van der Waals surface area contributed by atoms with Gasteiger partial charge in [-0.2, -0.15) is 0 Å². The molecule has 1 spiro atoms. The van der Waals surface area contributed by atoms with E-state index in [0.717, 1.165) is 12.0 Å². The summed E-state index contributed by atoms with van der Waals surface area (Å²) in [5.41, 5.74) is -0.894. The van der Waals surface area contributed by atoms with E-state index < -0.39 is 16.0 Å². The quantitative estimate of drug-likeness (QED) is 0.855. The minimum absolute atomic E-state index is 0.0560. The number of nitrogens with one attached hydrogen (secondary N) is 1. The Kier molecular flexibility index (Phi) is 3.31. The van der Waals surface area contributed by atoms with Crippen molar-refractivity contribution in [3.05, 3.63) is 35.9 Å². The van der Waals surface area contributed by atoms with Gasteiger partial charge < -0.3 is 10.2 Å². The van der Waals surface area contributed by atoms with Gasteiger partial charge in [0, 0.05) is 13.0 Å². The number of fused-ring (bicyclic) bond motifs is 2. The normalized spacial score (nSPS) is 37.8.